The molecule has 0 bridgehead atoms. The smallest absolute Gasteiger partial charge is 0.272 e. The summed E-state index contributed by atoms with van der Waals surface area (Å²) in [5, 5.41) is 13.3. The number of rotatable bonds is 2. The van der Waals surface area contributed by atoms with Gasteiger partial charge in [-0.2, -0.15) is 10.4 Å². The van der Waals surface area contributed by atoms with E-state index in [1.54, 1.807) is 41.2 Å². The van der Waals surface area contributed by atoms with Crippen molar-refractivity contribution in [1.82, 2.24) is 19.7 Å². The number of halogens is 1. The van der Waals surface area contributed by atoms with E-state index < -0.39 is 0 Å². The number of nitrogens with zero attached hydrogens (tertiary/aromatic N) is 6. The lowest BCUT2D eigenvalue weighted by Gasteiger charge is -2.35. The van der Waals surface area contributed by atoms with Crippen LogP contribution in [0.3, 0.4) is 0 Å². The Morgan fingerprint density at radius 2 is 2.09 bits per heavy atom. The normalized spacial score (nSPS) is 14.7. The number of carbonyl (C=O) groups is 1. The number of aromatic nitrogens is 3. The number of nitriles is 1. The van der Waals surface area contributed by atoms with Gasteiger partial charge < -0.3 is 9.80 Å². The van der Waals surface area contributed by atoms with E-state index in [-0.39, 0.29) is 5.91 Å². The number of anilines is 1. The largest absolute Gasteiger partial charge is 0.352 e. The fourth-order valence-electron chi connectivity index (χ4n) is 2.63. The van der Waals surface area contributed by atoms with Crippen molar-refractivity contribution in [1.29, 1.82) is 5.26 Å². The van der Waals surface area contributed by atoms with Crippen molar-refractivity contribution < 1.29 is 4.79 Å². The molecule has 8 heteroatoms. The van der Waals surface area contributed by atoms with Gasteiger partial charge >= 0.3 is 0 Å². The zero-order valence-electron chi connectivity index (χ0n) is 12.6. The fraction of sp³-hybridized carbons (Fsp3) is 0.333. The van der Waals surface area contributed by atoms with E-state index in [1.807, 2.05) is 4.90 Å². The molecule has 0 N–H and O–H groups in total. The van der Waals surface area contributed by atoms with Gasteiger partial charge in [-0.3, -0.25) is 9.48 Å². The molecule has 23 heavy (non-hydrogen) atoms. The van der Waals surface area contributed by atoms with Crippen LogP contribution in [0.1, 0.15) is 16.1 Å². The highest BCUT2D eigenvalue weighted by atomic mass is 79.9. The first-order valence-corrected chi connectivity index (χ1v) is 7.97. The van der Waals surface area contributed by atoms with Crippen LogP contribution in [0.15, 0.2) is 29.0 Å². The summed E-state index contributed by atoms with van der Waals surface area (Å²) >= 11 is 3.33. The number of piperazine rings is 1. The zero-order valence-corrected chi connectivity index (χ0v) is 14.2. The maximum absolute atomic E-state index is 12.5. The van der Waals surface area contributed by atoms with Crippen molar-refractivity contribution in [3.05, 3.63) is 40.3 Å². The molecule has 1 aliphatic heterocycles. The molecule has 0 aromatic carbocycles. The van der Waals surface area contributed by atoms with E-state index in [4.69, 9.17) is 0 Å². The van der Waals surface area contributed by atoms with Gasteiger partial charge in [-0.1, -0.05) is 0 Å². The van der Waals surface area contributed by atoms with Gasteiger partial charge in [-0.05, 0) is 28.1 Å². The molecule has 1 aliphatic rings. The monoisotopic (exact) mass is 374 g/mol. The molecule has 0 aliphatic carbocycles. The molecule has 2 aromatic rings. The Labute approximate surface area is 142 Å². The van der Waals surface area contributed by atoms with Crippen LogP contribution in [0.25, 0.3) is 0 Å². The van der Waals surface area contributed by atoms with Crippen molar-refractivity contribution in [3.63, 3.8) is 0 Å². The molecule has 7 nitrogen and oxygen atoms in total. The molecule has 2 aromatic heterocycles. The minimum Gasteiger partial charge on any atom is -0.352 e. The molecule has 3 rings (SSSR count). The molecule has 3 heterocycles. The fourth-order valence-corrected chi connectivity index (χ4v) is 2.96. The minimum atomic E-state index is -0.0195. The highest BCUT2D eigenvalue weighted by molar-refractivity contribution is 9.10. The van der Waals surface area contributed by atoms with Crippen LogP contribution >= 0.6 is 15.9 Å². The summed E-state index contributed by atoms with van der Waals surface area (Å²) < 4.78 is 2.36. The maximum atomic E-state index is 12.5. The minimum absolute atomic E-state index is 0.0195. The molecule has 1 amide bonds. The first-order valence-electron chi connectivity index (χ1n) is 7.18. The maximum Gasteiger partial charge on any atom is 0.272 e. The Morgan fingerprint density at radius 1 is 1.35 bits per heavy atom. The van der Waals surface area contributed by atoms with Gasteiger partial charge in [0.1, 0.15) is 17.6 Å². The predicted octanol–water partition coefficient (Wildman–Crippen LogP) is 1.41. The number of hydrogen-bond acceptors (Lipinski definition) is 5. The molecule has 0 radical (unpaired) electrons. The lowest BCUT2D eigenvalue weighted by atomic mass is 10.2. The summed E-state index contributed by atoms with van der Waals surface area (Å²) in [5.74, 6) is 0.650. The number of carbonyl (C=O) groups excluding carboxylic acids is 1. The molecule has 1 saturated heterocycles. The van der Waals surface area contributed by atoms with Crippen LogP contribution in [0.4, 0.5) is 5.82 Å². The number of pyridine rings is 1. The molecule has 118 valence electrons. The van der Waals surface area contributed by atoms with Crippen molar-refractivity contribution in [3.8, 4) is 6.07 Å². The van der Waals surface area contributed by atoms with Gasteiger partial charge in [0.2, 0.25) is 0 Å². The molecular formula is C15H15BrN6O. The summed E-state index contributed by atoms with van der Waals surface area (Å²) in [6.07, 6.45) is 3.30. The third-order valence-electron chi connectivity index (χ3n) is 3.86. The summed E-state index contributed by atoms with van der Waals surface area (Å²) in [6.45, 7) is 2.47. The Morgan fingerprint density at radius 3 is 2.70 bits per heavy atom. The lowest BCUT2D eigenvalue weighted by molar-refractivity contribution is 0.0735. The van der Waals surface area contributed by atoms with Crippen LogP contribution in [-0.2, 0) is 7.05 Å². The van der Waals surface area contributed by atoms with E-state index in [9.17, 15) is 10.1 Å². The molecule has 0 saturated carbocycles. The molecule has 0 atom stereocenters. The van der Waals surface area contributed by atoms with Gasteiger partial charge in [-0.15, -0.1) is 0 Å². The topological polar surface area (TPSA) is 78.1 Å². The average molecular weight is 375 g/mol. The standard InChI is InChI=1S/C15H15BrN6O/c1-20-13(2-3-19-20)15(23)22-6-4-21(5-7-22)14-11(9-17)8-12(16)10-18-14/h2-3,8,10H,4-7H2,1H3. The van der Waals surface area contributed by atoms with Gasteiger partial charge in [-0.25, -0.2) is 4.98 Å². The van der Waals surface area contributed by atoms with Crippen LogP contribution in [0.2, 0.25) is 0 Å². The second-order valence-electron chi connectivity index (χ2n) is 5.26. The van der Waals surface area contributed by atoms with E-state index >= 15 is 0 Å². The second-order valence-corrected chi connectivity index (χ2v) is 6.17. The van der Waals surface area contributed by atoms with Gasteiger partial charge in [0.05, 0.1) is 5.56 Å². The summed E-state index contributed by atoms with van der Waals surface area (Å²) in [4.78, 5) is 20.7. The van der Waals surface area contributed by atoms with Crippen molar-refractivity contribution in [2.24, 2.45) is 7.05 Å². The van der Waals surface area contributed by atoms with E-state index in [0.29, 0.717) is 43.3 Å². The van der Waals surface area contributed by atoms with Crippen LogP contribution in [0.5, 0.6) is 0 Å². The van der Waals surface area contributed by atoms with E-state index in [1.165, 1.54) is 0 Å². The first kappa shape index (κ1) is 15.5. The lowest BCUT2D eigenvalue weighted by Crippen LogP contribution is -2.49. The summed E-state index contributed by atoms with van der Waals surface area (Å²) in [7, 11) is 1.76. The highest BCUT2D eigenvalue weighted by Gasteiger charge is 2.25. The molecule has 1 fully saturated rings. The number of amides is 1. The first-order chi connectivity index (χ1) is 11.1. The average Bonchev–Trinajstić information content (AvgIpc) is 3.00. The number of aryl methyl sites for hydroxylation is 1. The molecular weight excluding hydrogens is 360 g/mol. The van der Waals surface area contributed by atoms with E-state index in [0.717, 1.165) is 4.47 Å². The third-order valence-corrected chi connectivity index (χ3v) is 4.29. The van der Waals surface area contributed by atoms with Crippen LogP contribution in [0, 0.1) is 11.3 Å². The highest BCUT2D eigenvalue weighted by Crippen LogP contribution is 2.22. The number of hydrogen-bond donors (Lipinski definition) is 0. The molecule has 0 spiro atoms. The Bertz CT molecular complexity index is 773. The zero-order chi connectivity index (χ0) is 16.4. The summed E-state index contributed by atoms with van der Waals surface area (Å²) in [5.41, 5.74) is 1.11. The van der Waals surface area contributed by atoms with Crippen LogP contribution in [-0.4, -0.2) is 51.8 Å². The van der Waals surface area contributed by atoms with Crippen molar-refractivity contribution in [2.75, 3.05) is 31.1 Å². The SMILES string of the molecule is Cn1nccc1C(=O)N1CCN(c2ncc(Br)cc2C#N)CC1. The van der Waals surface area contributed by atoms with Gasteiger partial charge in [0.15, 0.2) is 0 Å². The summed E-state index contributed by atoms with van der Waals surface area (Å²) in [6, 6.07) is 5.65. The predicted molar refractivity (Wildman–Crippen MR) is 88.0 cm³/mol. The van der Waals surface area contributed by atoms with Gasteiger partial charge in [0.25, 0.3) is 5.91 Å². The quantitative estimate of drug-likeness (QED) is 0.793. The molecule has 0 unspecified atom stereocenters. The van der Waals surface area contributed by atoms with E-state index in [2.05, 4.69) is 32.1 Å². The Balaban J connectivity index is 1.71. The second kappa shape index (κ2) is 6.38. The Hall–Kier alpha value is -2.40. The van der Waals surface area contributed by atoms with Crippen molar-refractivity contribution in [2.45, 2.75) is 0 Å². The van der Waals surface area contributed by atoms with Crippen LogP contribution < -0.4 is 4.90 Å². The van der Waals surface area contributed by atoms with Crippen molar-refractivity contribution >= 4 is 27.7 Å². The third kappa shape index (κ3) is 3.05. The van der Waals surface area contributed by atoms with Gasteiger partial charge in [0, 0.05) is 50.1 Å². The Kier molecular flexibility index (Phi) is 4.30.